The van der Waals surface area contributed by atoms with E-state index in [9.17, 15) is 0 Å². The lowest BCUT2D eigenvalue weighted by molar-refractivity contribution is -0.133. The van der Waals surface area contributed by atoms with Crippen LogP contribution in [0.5, 0.6) is 0 Å². The number of nitrogens with one attached hydrogen (secondary N) is 2. The molecule has 1 saturated carbocycles. The van der Waals surface area contributed by atoms with Crippen LogP contribution in [0.1, 0.15) is 45.6 Å². The van der Waals surface area contributed by atoms with E-state index in [-0.39, 0.29) is 5.41 Å². The maximum Gasteiger partial charge on any atom is 0.191 e. The highest BCUT2D eigenvalue weighted by Crippen LogP contribution is 2.48. The van der Waals surface area contributed by atoms with E-state index in [0.717, 1.165) is 64.0 Å². The molecule has 3 rings (SSSR count). The molecule has 2 fully saturated rings. The number of aromatic nitrogens is 1. The van der Waals surface area contributed by atoms with Gasteiger partial charge in [-0.3, -0.25) is 4.99 Å². The molecule has 0 spiro atoms. The van der Waals surface area contributed by atoms with Gasteiger partial charge in [0.25, 0.3) is 0 Å². The highest BCUT2D eigenvalue weighted by molar-refractivity contribution is 5.80. The summed E-state index contributed by atoms with van der Waals surface area (Å²) in [7, 11) is 1.83. The first kappa shape index (κ1) is 21.8. The van der Waals surface area contributed by atoms with Gasteiger partial charge >= 0.3 is 0 Å². The predicted molar refractivity (Wildman–Crippen MR) is 117 cm³/mol. The van der Waals surface area contributed by atoms with Crippen LogP contribution in [0.3, 0.4) is 0 Å². The van der Waals surface area contributed by atoms with Crippen molar-refractivity contribution in [1.82, 2.24) is 15.6 Å². The second-order valence-electron chi connectivity index (χ2n) is 7.83. The van der Waals surface area contributed by atoms with Crippen molar-refractivity contribution >= 4 is 11.8 Å². The standard InChI is InChI=1S/C22H37N5O2/c1-5-22(6-2)18(15-19(22)29-7-3)26-21(23-4)25-16-17-9-8-10-24-20(17)27-11-13-28-14-12-27/h8-10,18-19H,5-7,11-16H2,1-4H3,(H2,23,25,26). The SMILES string of the molecule is CCOC1CC(NC(=NC)NCc2cccnc2N2CCOCC2)C1(CC)CC. The number of hydrogen-bond donors (Lipinski definition) is 2. The summed E-state index contributed by atoms with van der Waals surface area (Å²) in [6.07, 6.45) is 5.44. The zero-order chi connectivity index (χ0) is 20.7. The number of anilines is 1. The zero-order valence-electron chi connectivity index (χ0n) is 18.4. The van der Waals surface area contributed by atoms with Crippen LogP contribution in [0.15, 0.2) is 23.3 Å². The first-order valence-electron chi connectivity index (χ1n) is 11.0. The van der Waals surface area contributed by atoms with Crippen LogP contribution in [0.25, 0.3) is 0 Å². The van der Waals surface area contributed by atoms with Gasteiger partial charge in [-0.05, 0) is 32.3 Å². The average Bonchev–Trinajstić information content (AvgIpc) is 2.77. The van der Waals surface area contributed by atoms with Crippen LogP contribution in [0.4, 0.5) is 5.82 Å². The van der Waals surface area contributed by atoms with Crippen molar-refractivity contribution in [3.8, 4) is 0 Å². The number of guanidine groups is 1. The van der Waals surface area contributed by atoms with Gasteiger partial charge < -0.3 is 25.0 Å². The summed E-state index contributed by atoms with van der Waals surface area (Å²) < 4.78 is 11.5. The van der Waals surface area contributed by atoms with Crippen LogP contribution in [0, 0.1) is 5.41 Å². The van der Waals surface area contributed by atoms with Crippen molar-refractivity contribution in [2.24, 2.45) is 10.4 Å². The summed E-state index contributed by atoms with van der Waals surface area (Å²) in [5.74, 6) is 1.88. The molecule has 2 unspecified atom stereocenters. The molecule has 7 nitrogen and oxygen atoms in total. The number of morpholine rings is 1. The van der Waals surface area contributed by atoms with Gasteiger partial charge in [0.05, 0.1) is 19.3 Å². The Hall–Kier alpha value is -1.86. The predicted octanol–water partition coefficient (Wildman–Crippen LogP) is 2.57. The van der Waals surface area contributed by atoms with Crippen molar-refractivity contribution in [1.29, 1.82) is 0 Å². The second-order valence-corrected chi connectivity index (χ2v) is 7.83. The summed E-state index contributed by atoms with van der Waals surface area (Å²) in [4.78, 5) is 11.4. The molecule has 0 bridgehead atoms. The molecule has 1 aliphatic heterocycles. The van der Waals surface area contributed by atoms with Gasteiger partial charge in [-0.2, -0.15) is 0 Å². The molecule has 2 N–H and O–H groups in total. The minimum atomic E-state index is 0.181. The molecular weight excluding hydrogens is 366 g/mol. The van der Waals surface area contributed by atoms with Gasteiger partial charge in [-0.1, -0.05) is 19.9 Å². The number of rotatable bonds is 8. The summed E-state index contributed by atoms with van der Waals surface area (Å²) in [5, 5.41) is 7.16. The fraction of sp³-hybridized carbons (Fsp3) is 0.727. The number of pyridine rings is 1. The molecule has 2 heterocycles. The molecule has 1 saturated heterocycles. The van der Waals surface area contributed by atoms with Crippen LogP contribution < -0.4 is 15.5 Å². The van der Waals surface area contributed by atoms with Crippen LogP contribution in [0.2, 0.25) is 0 Å². The van der Waals surface area contributed by atoms with Gasteiger partial charge in [0.1, 0.15) is 5.82 Å². The van der Waals surface area contributed by atoms with Gasteiger partial charge in [0.2, 0.25) is 0 Å². The minimum absolute atomic E-state index is 0.181. The van der Waals surface area contributed by atoms with E-state index in [0.29, 0.717) is 18.7 Å². The van der Waals surface area contributed by atoms with Gasteiger partial charge in [0.15, 0.2) is 5.96 Å². The topological polar surface area (TPSA) is 71.0 Å². The second kappa shape index (κ2) is 10.3. The number of hydrogen-bond acceptors (Lipinski definition) is 5. The Kier molecular flexibility index (Phi) is 7.72. The monoisotopic (exact) mass is 403 g/mol. The van der Waals surface area contributed by atoms with Crippen molar-refractivity contribution in [3.63, 3.8) is 0 Å². The van der Waals surface area contributed by atoms with E-state index in [1.165, 1.54) is 5.56 Å². The third kappa shape index (κ3) is 4.67. The molecule has 7 heteroatoms. The maximum absolute atomic E-state index is 6.01. The quantitative estimate of drug-likeness (QED) is 0.514. The average molecular weight is 404 g/mol. The molecule has 0 radical (unpaired) electrons. The van der Waals surface area contributed by atoms with Crippen molar-refractivity contribution in [2.45, 2.75) is 58.7 Å². The van der Waals surface area contributed by atoms with E-state index in [1.807, 2.05) is 19.3 Å². The van der Waals surface area contributed by atoms with Gasteiger partial charge in [-0.15, -0.1) is 0 Å². The molecular formula is C22H37N5O2. The molecule has 2 atom stereocenters. The Morgan fingerprint density at radius 3 is 2.72 bits per heavy atom. The lowest BCUT2D eigenvalue weighted by Gasteiger charge is -2.55. The molecule has 0 amide bonds. The largest absolute Gasteiger partial charge is 0.378 e. The van der Waals surface area contributed by atoms with E-state index >= 15 is 0 Å². The van der Waals surface area contributed by atoms with Gasteiger partial charge in [-0.25, -0.2) is 4.98 Å². The molecule has 1 aromatic heterocycles. The minimum Gasteiger partial charge on any atom is -0.378 e. The number of nitrogens with zero attached hydrogens (tertiary/aromatic N) is 3. The van der Waals surface area contributed by atoms with Crippen LogP contribution >= 0.6 is 0 Å². The Bertz CT molecular complexity index is 671. The summed E-state index contributed by atoms with van der Waals surface area (Å²) >= 11 is 0. The zero-order valence-corrected chi connectivity index (χ0v) is 18.4. The highest BCUT2D eigenvalue weighted by atomic mass is 16.5. The summed E-state index contributed by atoms with van der Waals surface area (Å²) in [5.41, 5.74) is 1.36. The molecule has 1 aliphatic carbocycles. The Morgan fingerprint density at radius 1 is 1.31 bits per heavy atom. The normalized spacial score (nSPS) is 24.1. The van der Waals surface area contributed by atoms with Crippen molar-refractivity contribution in [2.75, 3.05) is 44.9 Å². The Morgan fingerprint density at radius 2 is 2.07 bits per heavy atom. The molecule has 29 heavy (non-hydrogen) atoms. The first-order valence-corrected chi connectivity index (χ1v) is 11.0. The lowest BCUT2D eigenvalue weighted by atomic mass is 9.58. The number of aliphatic imine (C=N–C) groups is 1. The fourth-order valence-electron chi connectivity index (χ4n) is 4.75. The van der Waals surface area contributed by atoms with E-state index in [1.54, 1.807) is 0 Å². The first-order chi connectivity index (χ1) is 14.2. The highest BCUT2D eigenvalue weighted by Gasteiger charge is 2.53. The lowest BCUT2D eigenvalue weighted by Crippen LogP contribution is -2.65. The summed E-state index contributed by atoms with van der Waals surface area (Å²) in [6, 6.07) is 4.51. The summed E-state index contributed by atoms with van der Waals surface area (Å²) in [6.45, 7) is 11.4. The fourth-order valence-corrected chi connectivity index (χ4v) is 4.75. The molecule has 1 aromatic rings. The van der Waals surface area contributed by atoms with Crippen LogP contribution in [-0.2, 0) is 16.0 Å². The smallest absolute Gasteiger partial charge is 0.191 e. The Balaban J connectivity index is 1.62. The maximum atomic E-state index is 6.01. The van der Waals surface area contributed by atoms with Crippen molar-refractivity contribution in [3.05, 3.63) is 23.9 Å². The van der Waals surface area contributed by atoms with Crippen molar-refractivity contribution < 1.29 is 9.47 Å². The van der Waals surface area contributed by atoms with E-state index < -0.39 is 0 Å². The van der Waals surface area contributed by atoms with E-state index in [4.69, 9.17) is 9.47 Å². The molecule has 162 valence electrons. The Labute approximate surface area is 175 Å². The molecule has 0 aromatic carbocycles. The van der Waals surface area contributed by atoms with E-state index in [2.05, 4.69) is 52.3 Å². The third-order valence-electron chi connectivity index (χ3n) is 6.63. The third-order valence-corrected chi connectivity index (χ3v) is 6.63. The molecule has 2 aliphatic rings. The number of ether oxygens (including phenoxy) is 2. The van der Waals surface area contributed by atoms with Crippen LogP contribution in [-0.4, -0.2) is 63.0 Å². The van der Waals surface area contributed by atoms with Gasteiger partial charge in [0, 0.05) is 56.5 Å².